The van der Waals surface area contributed by atoms with E-state index in [0.717, 1.165) is 23.4 Å². The molecule has 0 aliphatic carbocycles. The Hall–Kier alpha value is -5.76. The standard InChI is InChI=1S/2C17H18FN5O/c1-11-15(9-22(2)21-11)14-4-3-12(7-16(14)18)17(24)20-13-5-6-23(8-13)10-19;1-11-15(9-22(2)21-11)12-3-4-14(16(18)7-12)17(24)20-13-5-6-23(8-13)10-19/h2*3-4,7,9,13H,5-6,8H2,1-2H3,(H,20,24)/t2*13-/m11/s1. The molecule has 2 aromatic carbocycles. The van der Waals surface area contributed by atoms with Crippen molar-refractivity contribution in [3.8, 4) is 34.6 Å². The minimum Gasteiger partial charge on any atom is -0.347 e. The molecular weight excluding hydrogens is 618 g/mol. The second-order valence-electron chi connectivity index (χ2n) is 12.0. The van der Waals surface area contributed by atoms with Crippen molar-refractivity contribution < 1.29 is 18.4 Å². The number of aromatic nitrogens is 4. The highest BCUT2D eigenvalue weighted by Crippen LogP contribution is 2.27. The first-order valence-electron chi connectivity index (χ1n) is 15.5. The van der Waals surface area contributed by atoms with E-state index in [-0.39, 0.29) is 29.1 Å². The highest BCUT2D eigenvalue weighted by atomic mass is 19.1. The van der Waals surface area contributed by atoms with E-state index in [9.17, 15) is 18.4 Å². The molecule has 2 atom stereocenters. The molecule has 2 saturated heterocycles. The lowest BCUT2D eigenvalue weighted by molar-refractivity contribution is 0.0928. The summed E-state index contributed by atoms with van der Waals surface area (Å²) in [5.41, 5.74) is 4.47. The first-order chi connectivity index (χ1) is 22.9. The van der Waals surface area contributed by atoms with Gasteiger partial charge in [0.15, 0.2) is 12.4 Å². The minimum atomic E-state index is -0.566. The van der Waals surface area contributed by atoms with Gasteiger partial charge in [-0.15, -0.1) is 0 Å². The van der Waals surface area contributed by atoms with Crippen LogP contribution < -0.4 is 10.6 Å². The maximum atomic E-state index is 14.4. The summed E-state index contributed by atoms with van der Waals surface area (Å²) in [6.07, 6.45) is 9.09. The van der Waals surface area contributed by atoms with Crippen molar-refractivity contribution in [1.82, 2.24) is 40.0 Å². The van der Waals surface area contributed by atoms with Gasteiger partial charge in [0.25, 0.3) is 11.8 Å². The van der Waals surface area contributed by atoms with Crippen molar-refractivity contribution >= 4 is 11.8 Å². The molecule has 12 nitrogen and oxygen atoms in total. The SMILES string of the molecule is Cc1nn(C)cc1-c1ccc(C(=O)N[C@@H]2CCN(C#N)C2)c(F)c1.Cc1nn(C)cc1-c1ccc(C(=O)N[C@@H]2CCN(C#N)C2)cc1F. The maximum absolute atomic E-state index is 14.4. The fraction of sp³-hybridized carbons (Fsp3) is 0.353. The average Bonchev–Trinajstić information content (AvgIpc) is 3.85. The van der Waals surface area contributed by atoms with Crippen LogP contribution in [-0.4, -0.2) is 79.4 Å². The first kappa shape index (κ1) is 33.6. The van der Waals surface area contributed by atoms with E-state index < -0.39 is 17.5 Å². The highest BCUT2D eigenvalue weighted by Gasteiger charge is 2.25. The van der Waals surface area contributed by atoms with Crippen LogP contribution in [0, 0.1) is 48.4 Å². The molecule has 0 radical (unpaired) electrons. The van der Waals surface area contributed by atoms with Crippen LogP contribution in [0.3, 0.4) is 0 Å². The van der Waals surface area contributed by atoms with Gasteiger partial charge in [0, 0.05) is 87.0 Å². The molecule has 0 saturated carbocycles. The third-order valence-electron chi connectivity index (χ3n) is 8.40. The van der Waals surface area contributed by atoms with E-state index in [0.29, 0.717) is 49.3 Å². The molecule has 0 spiro atoms. The van der Waals surface area contributed by atoms with Gasteiger partial charge in [-0.1, -0.05) is 12.1 Å². The van der Waals surface area contributed by atoms with Gasteiger partial charge in [0.2, 0.25) is 0 Å². The molecule has 48 heavy (non-hydrogen) atoms. The Morgan fingerprint density at radius 3 is 1.81 bits per heavy atom. The number of nitriles is 2. The van der Waals surface area contributed by atoms with Crippen molar-refractivity contribution in [2.24, 2.45) is 14.1 Å². The Labute approximate surface area is 277 Å². The molecule has 4 heterocycles. The van der Waals surface area contributed by atoms with Crippen molar-refractivity contribution in [2.75, 3.05) is 26.2 Å². The van der Waals surface area contributed by atoms with Crippen molar-refractivity contribution in [1.29, 1.82) is 10.5 Å². The zero-order valence-corrected chi connectivity index (χ0v) is 27.2. The Bertz CT molecular complexity index is 1920. The fourth-order valence-corrected chi connectivity index (χ4v) is 5.96. The lowest BCUT2D eigenvalue weighted by atomic mass is 10.0. The van der Waals surface area contributed by atoms with Crippen LogP contribution in [0.4, 0.5) is 8.78 Å². The highest BCUT2D eigenvalue weighted by molar-refractivity contribution is 5.95. The number of benzene rings is 2. The molecule has 0 unspecified atom stereocenters. The van der Waals surface area contributed by atoms with Crippen LogP contribution in [0.5, 0.6) is 0 Å². The maximum Gasteiger partial charge on any atom is 0.254 e. The summed E-state index contributed by atoms with van der Waals surface area (Å²) in [4.78, 5) is 27.7. The first-order valence-corrected chi connectivity index (χ1v) is 15.5. The predicted molar refractivity (Wildman–Crippen MR) is 173 cm³/mol. The molecule has 2 aromatic heterocycles. The number of carbonyl (C=O) groups is 2. The third-order valence-corrected chi connectivity index (χ3v) is 8.40. The van der Waals surface area contributed by atoms with Gasteiger partial charge in [-0.05, 0) is 56.5 Å². The number of hydrogen-bond donors (Lipinski definition) is 2. The van der Waals surface area contributed by atoms with Gasteiger partial charge in [-0.25, -0.2) is 8.78 Å². The molecule has 0 bridgehead atoms. The van der Waals surface area contributed by atoms with E-state index in [1.807, 2.05) is 20.0 Å². The molecule has 6 rings (SSSR count). The van der Waals surface area contributed by atoms with Crippen LogP contribution in [0.25, 0.3) is 22.3 Å². The van der Waals surface area contributed by atoms with Crippen molar-refractivity contribution in [3.05, 3.63) is 82.9 Å². The van der Waals surface area contributed by atoms with Crippen LogP contribution >= 0.6 is 0 Å². The lowest BCUT2D eigenvalue weighted by Crippen LogP contribution is -2.36. The predicted octanol–water partition coefficient (Wildman–Crippen LogP) is 3.64. The molecule has 2 N–H and O–H groups in total. The van der Waals surface area contributed by atoms with Gasteiger partial charge < -0.3 is 20.4 Å². The Morgan fingerprint density at radius 2 is 1.33 bits per heavy atom. The summed E-state index contributed by atoms with van der Waals surface area (Å²) < 4.78 is 32.1. The number of carbonyl (C=O) groups excluding carboxylic acids is 2. The van der Waals surface area contributed by atoms with Gasteiger partial charge in [-0.3, -0.25) is 19.0 Å². The lowest BCUT2D eigenvalue weighted by Gasteiger charge is -2.13. The van der Waals surface area contributed by atoms with E-state index in [1.165, 1.54) is 18.2 Å². The van der Waals surface area contributed by atoms with Crippen LogP contribution in [0.1, 0.15) is 44.9 Å². The molecule has 2 aliphatic rings. The fourth-order valence-electron chi connectivity index (χ4n) is 5.96. The second-order valence-corrected chi connectivity index (χ2v) is 12.0. The van der Waals surface area contributed by atoms with E-state index >= 15 is 0 Å². The third kappa shape index (κ3) is 7.61. The average molecular weight is 655 g/mol. The van der Waals surface area contributed by atoms with Gasteiger partial charge >= 0.3 is 0 Å². The molecular formula is C34H36F2N10O2. The Morgan fingerprint density at radius 1 is 0.771 bits per heavy atom. The zero-order valence-electron chi connectivity index (χ0n) is 27.2. The molecule has 2 fully saturated rings. The number of nitrogens with zero attached hydrogens (tertiary/aromatic N) is 8. The molecule has 248 valence electrons. The smallest absolute Gasteiger partial charge is 0.254 e. The summed E-state index contributed by atoms with van der Waals surface area (Å²) in [7, 11) is 3.59. The monoisotopic (exact) mass is 654 g/mol. The topological polar surface area (TPSA) is 148 Å². The molecule has 2 amide bonds. The normalized spacial score (nSPS) is 16.9. The number of halogens is 2. The quantitative estimate of drug-likeness (QED) is 0.300. The van der Waals surface area contributed by atoms with Crippen LogP contribution in [0.2, 0.25) is 0 Å². The largest absolute Gasteiger partial charge is 0.347 e. The van der Waals surface area contributed by atoms with E-state index in [2.05, 4.69) is 33.2 Å². The summed E-state index contributed by atoms with van der Waals surface area (Å²) in [5, 5.41) is 31.8. The van der Waals surface area contributed by atoms with Crippen molar-refractivity contribution in [2.45, 2.75) is 38.8 Å². The number of hydrogen-bond acceptors (Lipinski definition) is 8. The van der Waals surface area contributed by atoms with Gasteiger partial charge in [-0.2, -0.15) is 20.7 Å². The Balaban J connectivity index is 0.000000188. The molecule has 2 aliphatic heterocycles. The molecule has 4 aromatic rings. The summed E-state index contributed by atoms with van der Waals surface area (Å²) in [6.45, 7) is 5.89. The van der Waals surface area contributed by atoms with Crippen LogP contribution in [-0.2, 0) is 14.1 Å². The van der Waals surface area contributed by atoms with E-state index in [1.54, 1.807) is 57.7 Å². The second kappa shape index (κ2) is 14.3. The number of nitrogens with one attached hydrogen (secondary N) is 2. The number of rotatable bonds is 6. The Kier molecular flexibility index (Phi) is 10.0. The molecule has 14 heteroatoms. The van der Waals surface area contributed by atoms with Gasteiger partial charge in [0.05, 0.1) is 17.0 Å². The van der Waals surface area contributed by atoms with E-state index in [4.69, 9.17) is 10.5 Å². The van der Waals surface area contributed by atoms with Crippen molar-refractivity contribution in [3.63, 3.8) is 0 Å². The number of amides is 2. The number of likely N-dealkylation sites (tertiary alicyclic amines) is 2. The summed E-state index contributed by atoms with van der Waals surface area (Å²) >= 11 is 0. The van der Waals surface area contributed by atoms with Crippen LogP contribution in [0.15, 0.2) is 48.8 Å². The summed E-state index contributed by atoms with van der Waals surface area (Å²) in [5.74, 6) is -1.80. The minimum absolute atomic E-state index is 0.00991. The number of aryl methyl sites for hydroxylation is 4. The summed E-state index contributed by atoms with van der Waals surface area (Å²) in [6, 6.07) is 8.81. The van der Waals surface area contributed by atoms with Gasteiger partial charge in [0.1, 0.15) is 11.6 Å². The zero-order chi connectivity index (χ0) is 34.5.